The van der Waals surface area contributed by atoms with Crippen LogP contribution in [0.25, 0.3) is 0 Å². The topological polar surface area (TPSA) is 105 Å². The van der Waals surface area contributed by atoms with Crippen molar-refractivity contribution in [1.29, 1.82) is 0 Å². The summed E-state index contributed by atoms with van der Waals surface area (Å²) in [6.45, 7) is 0.339. The van der Waals surface area contributed by atoms with Crippen LogP contribution in [0.15, 0.2) is 53.4 Å². The highest BCUT2D eigenvalue weighted by Gasteiger charge is 2.32. The Kier molecular flexibility index (Phi) is 7.26. The predicted octanol–water partition coefficient (Wildman–Crippen LogP) is 2.87. The number of rotatable bonds is 7. The lowest BCUT2D eigenvalue weighted by molar-refractivity contribution is -0.274. The Labute approximate surface area is 182 Å². The van der Waals surface area contributed by atoms with E-state index in [4.69, 9.17) is 9.94 Å². The summed E-state index contributed by atoms with van der Waals surface area (Å²) in [5, 5.41) is 8.72. The Balaban J connectivity index is 1.61. The molecule has 174 valence electrons. The van der Waals surface area contributed by atoms with Crippen molar-refractivity contribution >= 4 is 15.9 Å². The lowest BCUT2D eigenvalue weighted by Gasteiger charge is -2.32. The first-order valence-electron chi connectivity index (χ1n) is 9.62. The van der Waals surface area contributed by atoms with E-state index >= 15 is 0 Å². The fourth-order valence-electron chi connectivity index (χ4n) is 3.36. The van der Waals surface area contributed by atoms with Crippen molar-refractivity contribution in [2.45, 2.75) is 36.6 Å². The van der Waals surface area contributed by atoms with Crippen LogP contribution in [-0.2, 0) is 21.2 Å². The average Bonchev–Trinajstić information content (AvgIpc) is 2.75. The first kappa shape index (κ1) is 23.8. The first-order valence-corrected chi connectivity index (χ1v) is 11.1. The fraction of sp³-hybridized carbons (Fsp3) is 0.350. The molecule has 2 aromatic rings. The number of benzene rings is 2. The molecule has 1 aliphatic rings. The van der Waals surface area contributed by atoms with E-state index in [0.717, 1.165) is 12.1 Å². The third-order valence-electron chi connectivity index (χ3n) is 4.83. The number of halogens is 3. The van der Waals surface area contributed by atoms with Gasteiger partial charge in [0.2, 0.25) is 15.9 Å². The van der Waals surface area contributed by atoms with Crippen LogP contribution in [0.1, 0.15) is 18.4 Å². The van der Waals surface area contributed by atoms with Gasteiger partial charge in [-0.2, -0.15) is 4.31 Å². The molecule has 0 atom stereocenters. The fourth-order valence-corrected chi connectivity index (χ4v) is 5.05. The van der Waals surface area contributed by atoms with Gasteiger partial charge in [-0.25, -0.2) is 13.9 Å². The lowest BCUT2D eigenvalue weighted by Crippen LogP contribution is -2.42. The highest BCUT2D eigenvalue weighted by molar-refractivity contribution is 7.89. The van der Waals surface area contributed by atoms with Gasteiger partial charge in [0.05, 0.1) is 11.3 Å². The Morgan fingerprint density at radius 1 is 1.06 bits per heavy atom. The van der Waals surface area contributed by atoms with E-state index in [1.165, 1.54) is 34.1 Å². The summed E-state index contributed by atoms with van der Waals surface area (Å²) in [6, 6.07) is 11.1. The largest absolute Gasteiger partial charge is 0.573 e. The lowest BCUT2D eigenvalue weighted by atomic mass is 10.1. The van der Waals surface area contributed by atoms with Gasteiger partial charge >= 0.3 is 6.36 Å². The number of nitrogens with one attached hydrogen (secondary N) is 1. The number of alkyl halides is 3. The minimum absolute atomic E-state index is 0.0109. The minimum Gasteiger partial charge on any atom is -0.490 e. The normalized spacial score (nSPS) is 15.9. The molecule has 1 saturated heterocycles. The molecular formula is C20H21F3N2O6S. The van der Waals surface area contributed by atoms with E-state index in [2.05, 4.69) is 4.74 Å². The Morgan fingerprint density at radius 3 is 2.25 bits per heavy atom. The molecule has 3 rings (SSSR count). The zero-order valence-corrected chi connectivity index (χ0v) is 17.5. The number of hydroxylamine groups is 1. The first-order chi connectivity index (χ1) is 15.1. The van der Waals surface area contributed by atoms with Crippen LogP contribution >= 0.6 is 0 Å². The molecule has 0 spiro atoms. The molecule has 2 N–H and O–H groups in total. The average molecular weight is 474 g/mol. The standard InChI is InChI=1S/C20H21F3N2O6S/c21-20(22,23)31-17-7-5-15(6-8-17)30-16-9-11-25(12-10-16)32(28,29)18-4-2-1-3-14(18)13-19(26)24-27/h1-8,16,27H,9-13H2,(H,24,26). The number of ether oxygens (including phenoxy) is 2. The number of hydrogen-bond donors (Lipinski definition) is 2. The molecule has 0 radical (unpaired) electrons. The summed E-state index contributed by atoms with van der Waals surface area (Å²) in [5.41, 5.74) is 1.75. The van der Waals surface area contributed by atoms with Crippen LogP contribution in [0.4, 0.5) is 13.2 Å². The molecule has 0 aromatic heterocycles. The van der Waals surface area contributed by atoms with Crippen molar-refractivity contribution in [3.63, 3.8) is 0 Å². The zero-order chi connectivity index (χ0) is 23.4. The van der Waals surface area contributed by atoms with Gasteiger partial charge in [0.15, 0.2) is 0 Å². The molecule has 8 nitrogen and oxygen atoms in total. The molecule has 12 heteroatoms. The monoisotopic (exact) mass is 474 g/mol. The van der Waals surface area contributed by atoms with Gasteiger partial charge in [0.1, 0.15) is 17.6 Å². The highest BCUT2D eigenvalue weighted by atomic mass is 32.2. The third kappa shape index (κ3) is 6.11. The number of piperidine rings is 1. The molecule has 1 fully saturated rings. The van der Waals surface area contributed by atoms with Gasteiger partial charge in [-0.05, 0) is 48.7 Å². The van der Waals surface area contributed by atoms with Gasteiger partial charge in [0.25, 0.3) is 0 Å². The summed E-state index contributed by atoms with van der Waals surface area (Å²) >= 11 is 0. The summed E-state index contributed by atoms with van der Waals surface area (Å²) < 4.78 is 73.7. The number of carbonyl (C=O) groups excluding carboxylic acids is 1. The van der Waals surface area contributed by atoms with Crippen LogP contribution in [0.5, 0.6) is 11.5 Å². The SMILES string of the molecule is O=C(Cc1ccccc1S(=O)(=O)N1CCC(Oc2ccc(OC(F)(F)F)cc2)CC1)NO. The maximum absolute atomic E-state index is 13.1. The maximum Gasteiger partial charge on any atom is 0.573 e. The van der Waals surface area contributed by atoms with Crippen LogP contribution in [0, 0.1) is 0 Å². The van der Waals surface area contributed by atoms with E-state index in [9.17, 15) is 26.4 Å². The van der Waals surface area contributed by atoms with Crippen LogP contribution in [0.2, 0.25) is 0 Å². The van der Waals surface area contributed by atoms with E-state index in [-0.39, 0.29) is 41.8 Å². The van der Waals surface area contributed by atoms with Crippen molar-refractivity contribution < 1.29 is 41.1 Å². The van der Waals surface area contributed by atoms with Crippen molar-refractivity contribution in [3.05, 3.63) is 54.1 Å². The maximum atomic E-state index is 13.1. The smallest absolute Gasteiger partial charge is 0.490 e. The molecule has 2 aromatic carbocycles. The highest BCUT2D eigenvalue weighted by Crippen LogP contribution is 2.28. The number of hydrogen-bond acceptors (Lipinski definition) is 6. The van der Waals surface area contributed by atoms with Gasteiger partial charge in [-0.3, -0.25) is 10.0 Å². The quantitative estimate of drug-likeness (QED) is 0.472. The Hall–Kier alpha value is -2.83. The number of carbonyl (C=O) groups is 1. The molecule has 0 bridgehead atoms. The molecule has 32 heavy (non-hydrogen) atoms. The molecule has 0 saturated carbocycles. The van der Waals surface area contributed by atoms with Crippen molar-refractivity contribution in [3.8, 4) is 11.5 Å². The third-order valence-corrected chi connectivity index (χ3v) is 6.83. The van der Waals surface area contributed by atoms with Gasteiger partial charge < -0.3 is 9.47 Å². The molecule has 1 aliphatic heterocycles. The second-order valence-corrected chi connectivity index (χ2v) is 8.97. The van der Waals surface area contributed by atoms with Crippen LogP contribution in [0.3, 0.4) is 0 Å². The summed E-state index contributed by atoms with van der Waals surface area (Å²) in [4.78, 5) is 11.5. The van der Waals surface area contributed by atoms with Crippen molar-refractivity contribution in [2.75, 3.05) is 13.1 Å². The van der Waals surface area contributed by atoms with Gasteiger partial charge in [-0.1, -0.05) is 18.2 Å². The van der Waals surface area contributed by atoms with E-state index < -0.39 is 22.3 Å². The second kappa shape index (κ2) is 9.76. The van der Waals surface area contributed by atoms with E-state index in [0.29, 0.717) is 18.6 Å². The van der Waals surface area contributed by atoms with Crippen molar-refractivity contribution in [2.24, 2.45) is 0 Å². The van der Waals surface area contributed by atoms with E-state index in [1.807, 2.05) is 0 Å². The molecule has 1 amide bonds. The van der Waals surface area contributed by atoms with Crippen molar-refractivity contribution in [1.82, 2.24) is 9.79 Å². The number of sulfonamides is 1. The number of amides is 1. The van der Waals surface area contributed by atoms with Gasteiger partial charge in [0, 0.05) is 13.1 Å². The Bertz CT molecular complexity index is 1040. The van der Waals surface area contributed by atoms with Gasteiger partial charge in [-0.15, -0.1) is 13.2 Å². The summed E-state index contributed by atoms with van der Waals surface area (Å²) in [6.07, 6.45) is -4.63. The summed E-state index contributed by atoms with van der Waals surface area (Å²) in [7, 11) is -3.87. The van der Waals surface area contributed by atoms with E-state index in [1.54, 1.807) is 12.1 Å². The zero-order valence-electron chi connectivity index (χ0n) is 16.7. The molecule has 0 unspecified atom stereocenters. The molecular weight excluding hydrogens is 453 g/mol. The predicted molar refractivity (Wildman–Crippen MR) is 106 cm³/mol. The molecule has 1 heterocycles. The minimum atomic E-state index is -4.78. The second-order valence-electron chi connectivity index (χ2n) is 7.06. The van der Waals surface area contributed by atoms with Crippen LogP contribution in [-0.4, -0.2) is 49.4 Å². The van der Waals surface area contributed by atoms with Crippen LogP contribution < -0.4 is 15.0 Å². The Morgan fingerprint density at radius 2 is 1.66 bits per heavy atom. The number of nitrogens with zero attached hydrogens (tertiary/aromatic N) is 1. The summed E-state index contributed by atoms with van der Waals surface area (Å²) in [5.74, 6) is -0.744. The molecule has 0 aliphatic carbocycles.